The zero-order valence-corrected chi connectivity index (χ0v) is 8.42. The molecule has 0 amide bonds. The summed E-state index contributed by atoms with van der Waals surface area (Å²) in [6, 6.07) is 1.85. The van der Waals surface area contributed by atoms with E-state index in [2.05, 4.69) is 35.6 Å². The summed E-state index contributed by atoms with van der Waals surface area (Å²) in [5, 5.41) is 13.6. The second-order valence-corrected chi connectivity index (χ2v) is 3.21. The minimum atomic E-state index is 0.544. The lowest BCUT2D eigenvalue weighted by atomic mass is 10.4. The van der Waals surface area contributed by atoms with E-state index in [1.54, 1.807) is 4.52 Å². The van der Waals surface area contributed by atoms with Crippen molar-refractivity contribution in [1.82, 2.24) is 34.8 Å². The molecular formula is C8H8N8. The molecule has 0 aliphatic carbocycles. The number of aryl methyl sites for hydroxylation is 1. The number of anilines is 2. The molecule has 3 aromatic heterocycles. The van der Waals surface area contributed by atoms with Crippen LogP contribution in [0.4, 0.5) is 11.8 Å². The number of nitrogens with one attached hydrogen (secondary N) is 2. The first-order chi connectivity index (χ1) is 7.83. The van der Waals surface area contributed by atoms with Gasteiger partial charge in [0.25, 0.3) is 5.78 Å². The topological polar surface area (TPSA) is 96.7 Å². The van der Waals surface area contributed by atoms with Gasteiger partial charge in [0.2, 0.25) is 5.95 Å². The summed E-state index contributed by atoms with van der Waals surface area (Å²) in [6.07, 6.45) is 2.88. The SMILES string of the molecule is Cc1cc(Nc2ncn[nH]2)n2ncnc2n1. The monoisotopic (exact) mass is 216 g/mol. The Kier molecular flexibility index (Phi) is 1.79. The van der Waals surface area contributed by atoms with Crippen molar-refractivity contribution < 1.29 is 0 Å². The number of aromatic nitrogens is 7. The van der Waals surface area contributed by atoms with E-state index in [4.69, 9.17) is 0 Å². The molecule has 8 nitrogen and oxygen atoms in total. The maximum Gasteiger partial charge on any atom is 0.254 e. The second kappa shape index (κ2) is 3.26. The summed E-state index contributed by atoms with van der Waals surface area (Å²) in [5.74, 6) is 1.82. The molecule has 0 saturated heterocycles. The highest BCUT2D eigenvalue weighted by atomic mass is 15.4. The van der Waals surface area contributed by atoms with Crippen molar-refractivity contribution in [3.8, 4) is 0 Å². The van der Waals surface area contributed by atoms with E-state index in [9.17, 15) is 0 Å². The van der Waals surface area contributed by atoms with Gasteiger partial charge in [0.1, 0.15) is 18.5 Å². The van der Waals surface area contributed by atoms with Crippen molar-refractivity contribution in [2.75, 3.05) is 5.32 Å². The van der Waals surface area contributed by atoms with Gasteiger partial charge in [-0.3, -0.25) is 0 Å². The van der Waals surface area contributed by atoms with Crippen LogP contribution in [0.15, 0.2) is 18.7 Å². The van der Waals surface area contributed by atoms with Gasteiger partial charge in [-0.15, -0.1) is 0 Å². The minimum Gasteiger partial charge on any atom is -0.309 e. The summed E-state index contributed by atoms with van der Waals surface area (Å²) >= 11 is 0. The third-order valence-electron chi connectivity index (χ3n) is 2.04. The highest BCUT2D eigenvalue weighted by Gasteiger charge is 2.06. The van der Waals surface area contributed by atoms with Crippen molar-refractivity contribution in [2.24, 2.45) is 0 Å². The van der Waals surface area contributed by atoms with Gasteiger partial charge in [0.05, 0.1) is 0 Å². The molecule has 3 rings (SSSR count). The van der Waals surface area contributed by atoms with Crippen molar-refractivity contribution in [2.45, 2.75) is 6.92 Å². The van der Waals surface area contributed by atoms with Crippen LogP contribution in [-0.2, 0) is 0 Å². The van der Waals surface area contributed by atoms with Crippen LogP contribution in [0.5, 0.6) is 0 Å². The van der Waals surface area contributed by atoms with Crippen LogP contribution < -0.4 is 5.32 Å². The van der Waals surface area contributed by atoms with E-state index in [-0.39, 0.29) is 0 Å². The van der Waals surface area contributed by atoms with E-state index in [0.29, 0.717) is 11.7 Å². The molecule has 0 aliphatic rings. The molecule has 80 valence electrons. The number of nitrogens with zero attached hydrogens (tertiary/aromatic N) is 6. The molecule has 0 radical (unpaired) electrons. The van der Waals surface area contributed by atoms with Crippen molar-refractivity contribution in [3.05, 3.63) is 24.4 Å². The Morgan fingerprint density at radius 2 is 2.25 bits per heavy atom. The molecular weight excluding hydrogens is 208 g/mol. The number of H-pyrrole nitrogens is 1. The maximum absolute atomic E-state index is 4.23. The standard InChI is InChI=1S/C8H8N8/c1-5-2-6(14-7-9-3-11-15-7)16-8(13-5)10-4-12-16/h2-4H,1H3,(H2,9,11,14,15). The Labute approximate surface area is 89.8 Å². The van der Waals surface area contributed by atoms with Crippen molar-refractivity contribution >= 4 is 17.5 Å². The van der Waals surface area contributed by atoms with E-state index < -0.39 is 0 Å². The third kappa shape index (κ3) is 1.36. The molecule has 0 unspecified atom stereocenters. The fourth-order valence-electron chi connectivity index (χ4n) is 1.41. The van der Waals surface area contributed by atoms with Gasteiger partial charge in [-0.1, -0.05) is 0 Å². The van der Waals surface area contributed by atoms with Gasteiger partial charge in [-0.2, -0.15) is 24.7 Å². The van der Waals surface area contributed by atoms with Gasteiger partial charge in [-0.25, -0.2) is 10.1 Å². The summed E-state index contributed by atoms with van der Waals surface area (Å²) in [4.78, 5) is 12.2. The Hall–Kier alpha value is -2.51. The maximum atomic E-state index is 4.23. The van der Waals surface area contributed by atoms with Crippen LogP contribution in [0, 0.1) is 6.92 Å². The summed E-state index contributed by atoms with van der Waals surface area (Å²) in [5.41, 5.74) is 0.850. The zero-order valence-electron chi connectivity index (χ0n) is 8.42. The lowest BCUT2D eigenvalue weighted by molar-refractivity contribution is 0.932. The number of hydrogen-bond donors (Lipinski definition) is 2. The predicted octanol–water partition coefficient (Wildman–Crippen LogP) is 0.294. The average molecular weight is 216 g/mol. The van der Waals surface area contributed by atoms with Crippen LogP contribution >= 0.6 is 0 Å². The van der Waals surface area contributed by atoms with Gasteiger partial charge in [0, 0.05) is 11.8 Å². The molecule has 3 aromatic rings. The van der Waals surface area contributed by atoms with Crippen LogP contribution in [0.1, 0.15) is 5.69 Å². The molecule has 0 bridgehead atoms. The number of aromatic amines is 1. The fourth-order valence-corrected chi connectivity index (χ4v) is 1.41. The molecule has 2 N–H and O–H groups in total. The minimum absolute atomic E-state index is 0.544. The lowest BCUT2D eigenvalue weighted by Gasteiger charge is -2.04. The summed E-state index contributed by atoms with van der Waals surface area (Å²) in [7, 11) is 0. The second-order valence-electron chi connectivity index (χ2n) is 3.21. The van der Waals surface area contributed by atoms with Crippen molar-refractivity contribution in [3.63, 3.8) is 0 Å². The predicted molar refractivity (Wildman–Crippen MR) is 55.2 cm³/mol. The quantitative estimate of drug-likeness (QED) is 0.639. The van der Waals surface area contributed by atoms with E-state index >= 15 is 0 Å². The molecule has 3 heterocycles. The Morgan fingerprint density at radius 1 is 1.31 bits per heavy atom. The van der Waals surface area contributed by atoms with E-state index in [0.717, 1.165) is 11.5 Å². The molecule has 0 atom stereocenters. The molecule has 0 saturated carbocycles. The molecule has 0 aliphatic heterocycles. The Morgan fingerprint density at radius 3 is 3.06 bits per heavy atom. The van der Waals surface area contributed by atoms with Gasteiger partial charge < -0.3 is 5.32 Å². The van der Waals surface area contributed by atoms with Gasteiger partial charge >= 0.3 is 0 Å². The molecule has 16 heavy (non-hydrogen) atoms. The fraction of sp³-hybridized carbons (Fsp3) is 0.125. The smallest absolute Gasteiger partial charge is 0.254 e. The van der Waals surface area contributed by atoms with Crippen LogP contribution in [0.25, 0.3) is 5.78 Å². The first-order valence-corrected chi connectivity index (χ1v) is 4.63. The molecule has 0 spiro atoms. The molecule has 0 aromatic carbocycles. The van der Waals surface area contributed by atoms with Crippen LogP contribution in [0.3, 0.4) is 0 Å². The normalized spacial score (nSPS) is 10.8. The third-order valence-corrected chi connectivity index (χ3v) is 2.04. The van der Waals surface area contributed by atoms with E-state index in [1.807, 2.05) is 13.0 Å². The number of fused-ring (bicyclic) bond motifs is 1. The highest BCUT2D eigenvalue weighted by Crippen LogP contribution is 2.13. The van der Waals surface area contributed by atoms with Crippen molar-refractivity contribution in [1.29, 1.82) is 0 Å². The molecule has 0 fully saturated rings. The highest BCUT2D eigenvalue weighted by molar-refractivity contribution is 5.51. The number of rotatable bonds is 2. The van der Waals surface area contributed by atoms with Crippen LogP contribution in [0.2, 0.25) is 0 Å². The largest absolute Gasteiger partial charge is 0.309 e. The van der Waals surface area contributed by atoms with Crippen LogP contribution in [-0.4, -0.2) is 34.8 Å². The summed E-state index contributed by atoms with van der Waals surface area (Å²) < 4.78 is 1.59. The van der Waals surface area contributed by atoms with Gasteiger partial charge in [-0.05, 0) is 6.92 Å². The first kappa shape index (κ1) is 8.77. The number of hydrogen-bond acceptors (Lipinski definition) is 6. The summed E-state index contributed by atoms with van der Waals surface area (Å²) in [6.45, 7) is 1.89. The van der Waals surface area contributed by atoms with E-state index in [1.165, 1.54) is 12.7 Å². The zero-order chi connectivity index (χ0) is 11.0. The average Bonchev–Trinajstić information content (AvgIpc) is 2.87. The van der Waals surface area contributed by atoms with Gasteiger partial charge in [0.15, 0.2) is 0 Å². The molecule has 8 heteroatoms. The first-order valence-electron chi connectivity index (χ1n) is 4.63. The Bertz CT molecular complexity index is 610. The Balaban J connectivity index is 2.11. The lowest BCUT2D eigenvalue weighted by Crippen LogP contribution is -2.03.